The first-order chi connectivity index (χ1) is 8.49. The molecule has 2 unspecified atom stereocenters. The number of amides is 1. The van der Waals surface area contributed by atoms with E-state index in [1.165, 1.54) is 12.8 Å². The Balaban J connectivity index is 2.13. The van der Waals surface area contributed by atoms with Crippen LogP contribution in [-0.4, -0.2) is 16.5 Å². The third-order valence-electron chi connectivity index (χ3n) is 3.78. The molecular formula is C14H21BrN2O. The Morgan fingerprint density at radius 1 is 1.50 bits per heavy atom. The maximum Gasteiger partial charge on any atom is 0.268 e. The van der Waals surface area contributed by atoms with Crippen LogP contribution in [0.3, 0.4) is 0 Å². The zero-order valence-electron chi connectivity index (χ0n) is 11.2. The molecule has 3 nitrogen and oxygen atoms in total. The van der Waals surface area contributed by atoms with Crippen molar-refractivity contribution in [3.8, 4) is 0 Å². The highest BCUT2D eigenvalue weighted by Crippen LogP contribution is 2.26. The van der Waals surface area contributed by atoms with Gasteiger partial charge in [-0.25, -0.2) is 0 Å². The Hall–Kier alpha value is -0.770. The smallest absolute Gasteiger partial charge is 0.268 e. The summed E-state index contributed by atoms with van der Waals surface area (Å²) in [5.41, 5.74) is 0.746. The van der Waals surface area contributed by atoms with Gasteiger partial charge in [0.25, 0.3) is 5.91 Å². The molecule has 100 valence electrons. The predicted octanol–water partition coefficient (Wildman–Crippen LogP) is 3.75. The normalized spacial score (nSPS) is 23.6. The van der Waals surface area contributed by atoms with Crippen molar-refractivity contribution < 1.29 is 4.79 Å². The van der Waals surface area contributed by atoms with E-state index in [1.807, 2.05) is 16.8 Å². The molecule has 1 aliphatic carbocycles. The molecule has 1 amide bonds. The van der Waals surface area contributed by atoms with Crippen LogP contribution < -0.4 is 5.32 Å². The Bertz CT molecular complexity index is 439. The highest BCUT2D eigenvalue weighted by atomic mass is 79.9. The fourth-order valence-corrected chi connectivity index (χ4v) is 3.09. The van der Waals surface area contributed by atoms with Crippen molar-refractivity contribution in [1.29, 1.82) is 0 Å². The van der Waals surface area contributed by atoms with E-state index < -0.39 is 0 Å². The number of hydrogen-bond donors (Lipinski definition) is 1. The van der Waals surface area contributed by atoms with Crippen molar-refractivity contribution in [1.82, 2.24) is 9.88 Å². The minimum Gasteiger partial charge on any atom is -0.348 e. The number of nitrogens with one attached hydrogen (secondary N) is 1. The molecule has 1 heterocycles. The first kappa shape index (κ1) is 13.7. The second kappa shape index (κ2) is 5.47. The summed E-state index contributed by atoms with van der Waals surface area (Å²) in [5, 5.41) is 3.17. The number of aromatic nitrogens is 1. The molecule has 1 aromatic heterocycles. The zero-order chi connectivity index (χ0) is 13.3. The summed E-state index contributed by atoms with van der Waals surface area (Å²) < 4.78 is 2.97. The number of nitrogens with zero attached hydrogens (tertiary/aromatic N) is 1. The average Bonchev–Trinajstić information content (AvgIpc) is 2.86. The first-order valence-corrected chi connectivity index (χ1v) is 7.46. The van der Waals surface area contributed by atoms with Gasteiger partial charge in [-0.1, -0.05) is 13.3 Å². The average molecular weight is 313 g/mol. The molecule has 2 rings (SSSR count). The number of rotatable bonds is 3. The number of halogens is 1. The van der Waals surface area contributed by atoms with Crippen LogP contribution in [0.25, 0.3) is 0 Å². The lowest BCUT2D eigenvalue weighted by molar-refractivity contribution is 0.0918. The van der Waals surface area contributed by atoms with Gasteiger partial charge in [-0.3, -0.25) is 4.79 Å². The summed E-state index contributed by atoms with van der Waals surface area (Å²) in [4.78, 5) is 12.3. The fraction of sp³-hybridized carbons (Fsp3) is 0.643. The lowest BCUT2D eigenvalue weighted by Gasteiger charge is -2.19. The third-order valence-corrected chi connectivity index (χ3v) is 4.22. The van der Waals surface area contributed by atoms with Gasteiger partial charge in [-0.2, -0.15) is 0 Å². The Morgan fingerprint density at radius 3 is 2.78 bits per heavy atom. The maximum absolute atomic E-state index is 12.3. The van der Waals surface area contributed by atoms with Gasteiger partial charge in [0, 0.05) is 22.8 Å². The molecule has 0 saturated heterocycles. The van der Waals surface area contributed by atoms with Gasteiger partial charge in [0.1, 0.15) is 5.69 Å². The van der Waals surface area contributed by atoms with Crippen molar-refractivity contribution in [2.75, 3.05) is 0 Å². The van der Waals surface area contributed by atoms with Crippen LogP contribution in [0.15, 0.2) is 16.7 Å². The van der Waals surface area contributed by atoms with E-state index in [0.717, 1.165) is 16.6 Å². The zero-order valence-corrected chi connectivity index (χ0v) is 12.8. The van der Waals surface area contributed by atoms with Crippen LogP contribution in [0.5, 0.6) is 0 Å². The van der Waals surface area contributed by atoms with E-state index in [1.54, 1.807) is 0 Å². The summed E-state index contributed by atoms with van der Waals surface area (Å²) in [7, 11) is 0. The van der Waals surface area contributed by atoms with Crippen molar-refractivity contribution in [3.05, 3.63) is 22.4 Å². The van der Waals surface area contributed by atoms with E-state index in [2.05, 4.69) is 42.0 Å². The summed E-state index contributed by atoms with van der Waals surface area (Å²) in [6.07, 6.45) is 5.52. The fourth-order valence-electron chi connectivity index (χ4n) is 2.66. The van der Waals surface area contributed by atoms with Gasteiger partial charge in [0.15, 0.2) is 0 Å². The Morgan fingerprint density at radius 2 is 2.22 bits per heavy atom. The second-order valence-corrected chi connectivity index (χ2v) is 6.45. The highest BCUT2D eigenvalue weighted by molar-refractivity contribution is 9.10. The minimum atomic E-state index is 0.0492. The lowest BCUT2D eigenvalue weighted by atomic mass is 10.1. The maximum atomic E-state index is 12.3. The quantitative estimate of drug-likeness (QED) is 0.906. The molecular weight excluding hydrogens is 292 g/mol. The molecule has 1 N–H and O–H groups in total. The van der Waals surface area contributed by atoms with Gasteiger partial charge in [-0.15, -0.1) is 0 Å². The minimum absolute atomic E-state index is 0.0492. The summed E-state index contributed by atoms with van der Waals surface area (Å²) in [6, 6.07) is 2.53. The van der Waals surface area contributed by atoms with Crippen molar-refractivity contribution >= 4 is 21.8 Å². The second-order valence-electron chi connectivity index (χ2n) is 5.53. The summed E-state index contributed by atoms with van der Waals surface area (Å²) in [6.45, 7) is 6.39. The van der Waals surface area contributed by atoms with E-state index in [4.69, 9.17) is 0 Å². The standard InChI is InChI=1S/C14H21BrN2O/c1-9(2)17-8-11(15)7-13(17)14(18)16-12-6-4-5-10(12)3/h7-10,12H,4-6H2,1-3H3,(H,16,18). The molecule has 1 aliphatic rings. The topological polar surface area (TPSA) is 34.0 Å². The Labute approximate surface area is 117 Å². The molecule has 0 bridgehead atoms. The largest absolute Gasteiger partial charge is 0.348 e. The molecule has 1 saturated carbocycles. The van der Waals surface area contributed by atoms with Crippen LogP contribution >= 0.6 is 15.9 Å². The van der Waals surface area contributed by atoms with Crippen LogP contribution in [0.4, 0.5) is 0 Å². The lowest BCUT2D eigenvalue weighted by Crippen LogP contribution is -2.37. The number of carbonyl (C=O) groups excluding carboxylic acids is 1. The highest BCUT2D eigenvalue weighted by Gasteiger charge is 2.26. The SMILES string of the molecule is CC1CCCC1NC(=O)c1cc(Br)cn1C(C)C. The number of hydrogen-bond acceptors (Lipinski definition) is 1. The monoisotopic (exact) mass is 312 g/mol. The molecule has 0 radical (unpaired) electrons. The van der Waals surface area contributed by atoms with Crippen LogP contribution in [0.1, 0.15) is 56.6 Å². The van der Waals surface area contributed by atoms with Gasteiger partial charge in [0.05, 0.1) is 0 Å². The molecule has 18 heavy (non-hydrogen) atoms. The van der Waals surface area contributed by atoms with E-state index in [0.29, 0.717) is 12.0 Å². The van der Waals surface area contributed by atoms with Crippen LogP contribution in [0, 0.1) is 5.92 Å². The summed E-state index contributed by atoms with van der Waals surface area (Å²) in [5.74, 6) is 0.646. The van der Waals surface area contributed by atoms with Gasteiger partial charge in [-0.05, 0) is 54.6 Å². The molecule has 1 aromatic rings. The van der Waals surface area contributed by atoms with Gasteiger partial charge < -0.3 is 9.88 Å². The van der Waals surface area contributed by atoms with Gasteiger partial charge in [0.2, 0.25) is 0 Å². The van der Waals surface area contributed by atoms with Crippen molar-refractivity contribution in [2.45, 2.75) is 52.1 Å². The van der Waals surface area contributed by atoms with Crippen LogP contribution in [0.2, 0.25) is 0 Å². The van der Waals surface area contributed by atoms with Gasteiger partial charge >= 0.3 is 0 Å². The summed E-state index contributed by atoms with van der Waals surface area (Å²) >= 11 is 3.44. The van der Waals surface area contributed by atoms with E-state index in [-0.39, 0.29) is 11.9 Å². The Kier molecular flexibility index (Phi) is 4.15. The molecule has 0 aromatic carbocycles. The third kappa shape index (κ3) is 2.79. The molecule has 4 heteroatoms. The van der Waals surface area contributed by atoms with E-state index in [9.17, 15) is 4.79 Å². The van der Waals surface area contributed by atoms with Crippen molar-refractivity contribution in [3.63, 3.8) is 0 Å². The molecule has 2 atom stereocenters. The number of carbonyl (C=O) groups is 1. The molecule has 0 spiro atoms. The van der Waals surface area contributed by atoms with Crippen molar-refractivity contribution in [2.24, 2.45) is 5.92 Å². The molecule has 1 fully saturated rings. The molecule has 0 aliphatic heterocycles. The predicted molar refractivity (Wildman–Crippen MR) is 76.8 cm³/mol. The van der Waals surface area contributed by atoms with E-state index >= 15 is 0 Å². The first-order valence-electron chi connectivity index (χ1n) is 6.67. The van der Waals surface area contributed by atoms with Crippen LogP contribution in [-0.2, 0) is 0 Å².